The van der Waals surface area contributed by atoms with Gasteiger partial charge in [-0.2, -0.15) is 0 Å². The molecule has 1 atom stereocenters. The fourth-order valence-corrected chi connectivity index (χ4v) is 3.94. The van der Waals surface area contributed by atoms with E-state index in [4.69, 9.17) is 27.9 Å². The lowest BCUT2D eigenvalue weighted by Crippen LogP contribution is -2.36. The minimum Gasteiger partial charge on any atom is -0.489 e. The molecule has 3 aromatic carbocycles. The molecule has 0 radical (unpaired) electrons. The van der Waals surface area contributed by atoms with Crippen molar-refractivity contribution in [2.24, 2.45) is 5.92 Å². The van der Waals surface area contributed by atoms with Gasteiger partial charge in [-0.1, -0.05) is 47.5 Å². The van der Waals surface area contributed by atoms with Gasteiger partial charge in [-0.3, -0.25) is 20.4 Å². The summed E-state index contributed by atoms with van der Waals surface area (Å²) in [6.45, 7) is 0.601. The number of amides is 2. The van der Waals surface area contributed by atoms with E-state index in [1.165, 1.54) is 0 Å². The number of nitrogens with zero attached hydrogens (tertiary/aromatic N) is 1. The quantitative estimate of drug-likeness (QED) is 0.474. The Labute approximate surface area is 196 Å². The van der Waals surface area contributed by atoms with E-state index in [9.17, 15) is 9.59 Å². The number of hydrogen-bond donors (Lipinski definition) is 2. The summed E-state index contributed by atoms with van der Waals surface area (Å²) in [5.41, 5.74) is 7.77. The molecule has 0 aromatic heterocycles. The van der Waals surface area contributed by atoms with E-state index >= 15 is 0 Å². The van der Waals surface area contributed by atoms with Gasteiger partial charge < -0.3 is 9.64 Å². The van der Waals surface area contributed by atoms with Gasteiger partial charge >= 0.3 is 0 Å². The predicted octanol–water partition coefficient (Wildman–Crippen LogP) is 5.07. The molecule has 2 amide bonds. The van der Waals surface area contributed by atoms with E-state index in [0.717, 1.165) is 11.3 Å². The standard InChI is InChI=1S/C24H21Cl2N3O3/c25-21-7-4-8-22(26)20(21)15-32-19-11-9-17(10-12-19)27-28-24(31)16-13-23(30)29(14-16)18-5-2-1-3-6-18/h1-12,16,27H,13-15H2,(H,28,31)/t16-/m0/s1. The zero-order valence-corrected chi connectivity index (χ0v) is 18.6. The normalized spacial score (nSPS) is 15.5. The van der Waals surface area contributed by atoms with Crippen molar-refractivity contribution >= 4 is 46.4 Å². The molecule has 8 heteroatoms. The summed E-state index contributed by atoms with van der Waals surface area (Å²) in [6, 6.07) is 21.8. The molecule has 1 heterocycles. The SMILES string of the molecule is O=C(NNc1ccc(OCc2c(Cl)cccc2Cl)cc1)[C@H]1CC(=O)N(c2ccccc2)C1. The molecule has 1 saturated heterocycles. The molecule has 1 aliphatic heterocycles. The Morgan fingerprint density at radius 2 is 1.66 bits per heavy atom. The topological polar surface area (TPSA) is 70.7 Å². The first-order chi connectivity index (χ1) is 15.5. The van der Waals surface area contributed by atoms with Crippen LogP contribution >= 0.6 is 23.2 Å². The molecule has 0 unspecified atom stereocenters. The third kappa shape index (κ3) is 5.15. The summed E-state index contributed by atoms with van der Waals surface area (Å²) in [7, 11) is 0. The number of hydrogen-bond acceptors (Lipinski definition) is 4. The highest BCUT2D eigenvalue weighted by molar-refractivity contribution is 6.35. The smallest absolute Gasteiger partial charge is 0.243 e. The number of nitrogens with one attached hydrogen (secondary N) is 2. The first-order valence-electron chi connectivity index (χ1n) is 10.1. The Morgan fingerprint density at radius 1 is 0.969 bits per heavy atom. The number of carbonyl (C=O) groups is 2. The Balaban J connectivity index is 1.28. The van der Waals surface area contributed by atoms with E-state index in [2.05, 4.69) is 10.9 Å². The number of benzene rings is 3. The van der Waals surface area contributed by atoms with E-state index < -0.39 is 5.92 Å². The molecule has 0 aliphatic carbocycles. The number of rotatable bonds is 7. The van der Waals surface area contributed by atoms with Crippen molar-refractivity contribution in [1.82, 2.24) is 5.43 Å². The zero-order chi connectivity index (χ0) is 22.5. The zero-order valence-electron chi connectivity index (χ0n) is 17.1. The molecule has 1 fully saturated rings. The maximum atomic E-state index is 12.5. The van der Waals surface area contributed by atoms with Crippen LogP contribution in [0.25, 0.3) is 0 Å². The second-order valence-electron chi connectivity index (χ2n) is 7.37. The Hall–Kier alpha value is -3.22. The summed E-state index contributed by atoms with van der Waals surface area (Å²) in [4.78, 5) is 26.5. The van der Waals surface area contributed by atoms with Crippen molar-refractivity contribution < 1.29 is 14.3 Å². The van der Waals surface area contributed by atoms with Gasteiger partial charge in [-0.25, -0.2) is 0 Å². The van der Waals surface area contributed by atoms with Crippen LogP contribution in [0, 0.1) is 5.92 Å². The number of para-hydroxylation sites is 1. The first-order valence-corrected chi connectivity index (χ1v) is 10.8. The third-order valence-corrected chi connectivity index (χ3v) is 5.90. The number of ether oxygens (including phenoxy) is 1. The average molecular weight is 470 g/mol. The fraction of sp³-hybridized carbons (Fsp3) is 0.167. The van der Waals surface area contributed by atoms with Crippen molar-refractivity contribution in [3.8, 4) is 5.75 Å². The summed E-state index contributed by atoms with van der Waals surface area (Å²) in [5, 5.41) is 1.10. The minimum absolute atomic E-state index is 0.0588. The van der Waals surface area contributed by atoms with Crippen LogP contribution < -0.4 is 20.5 Å². The van der Waals surface area contributed by atoms with Crippen LogP contribution in [0.5, 0.6) is 5.75 Å². The van der Waals surface area contributed by atoms with Crippen LogP contribution in [-0.2, 0) is 16.2 Å². The maximum absolute atomic E-state index is 12.5. The highest BCUT2D eigenvalue weighted by Gasteiger charge is 2.35. The highest BCUT2D eigenvalue weighted by Crippen LogP contribution is 2.27. The van der Waals surface area contributed by atoms with Gasteiger partial charge in [-0.05, 0) is 48.5 Å². The molecule has 1 aliphatic rings. The van der Waals surface area contributed by atoms with Crippen molar-refractivity contribution in [3.63, 3.8) is 0 Å². The molecular formula is C24H21Cl2N3O3. The third-order valence-electron chi connectivity index (χ3n) is 5.19. The summed E-state index contributed by atoms with van der Waals surface area (Å²) < 4.78 is 5.75. The first kappa shape index (κ1) is 22.0. The van der Waals surface area contributed by atoms with E-state index in [-0.39, 0.29) is 24.8 Å². The van der Waals surface area contributed by atoms with E-state index in [1.54, 1.807) is 47.4 Å². The van der Waals surface area contributed by atoms with Crippen molar-refractivity contribution in [3.05, 3.63) is 88.4 Å². The fourth-order valence-electron chi connectivity index (χ4n) is 3.44. The highest BCUT2D eigenvalue weighted by atomic mass is 35.5. The van der Waals surface area contributed by atoms with Crippen LogP contribution in [0.2, 0.25) is 10.0 Å². The number of hydrazine groups is 1. The molecule has 0 spiro atoms. The lowest BCUT2D eigenvalue weighted by Gasteiger charge is -2.17. The van der Waals surface area contributed by atoms with Crippen molar-refractivity contribution in [2.75, 3.05) is 16.9 Å². The molecule has 164 valence electrons. The van der Waals surface area contributed by atoms with Crippen LogP contribution in [0.4, 0.5) is 11.4 Å². The van der Waals surface area contributed by atoms with Crippen LogP contribution in [0.1, 0.15) is 12.0 Å². The molecular weight excluding hydrogens is 449 g/mol. The largest absolute Gasteiger partial charge is 0.489 e. The molecule has 6 nitrogen and oxygen atoms in total. The number of halogens is 2. The van der Waals surface area contributed by atoms with E-state index in [0.29, 0.717) is 28.0 Å². The molecule has 32 heavy (non-hydrogen) atoms. The van der Waals surface area contributed by atoms with Gasteiger partial charge in [0.1, 0.15) is 12.4 Å². The minimum atomic E-state index is -0.418. The van der Waals surface area contributed by atoms with E-state index in [1.807, 2.05) is 30.3 Å². The van der Waals surface area contributed by atoms with Crippen molar-refractivity contribution in [1.29, 1.82) is 0 Å². The van der Waals surface area contributed by atoms with Crippen molar-refractivity contribution in [2.45, 2.75) is 13.0 Å². The summed E-state index contributed by atoms with van der Waals surface area (Å²) >= 11 is 12.3. The molecule has 0 bridgehead atoms. The molecule has 2 N–H and O–H groups in total. The van der Waals surface area contributed by atoms with Gasteiger partial charge in [0.25, 0.3) is 0 Å². The molecule has 3 aromatic rings. The average Bonchev–Trinajstić information content (AvgIpc) is 3.20. The molecule has 4 rings (SSSR count). The predicted molar refractivity (Wildman–Crippen MR) is 126 cm³/mol. The second kappa shape index (κ2) is 9.94. The van der Waals surface area contributed by atoms with Gasteiger partial charge in [0, 0.05) is 34.3 Å². The maximum Gasteiger partial charge on any atom is 0.243 e. The lowest BCUT2D eigenvalue weighted by molar-refractivity contribution is -0.125. The number of anilines is 2. The lowest BCUT2D eigenvalue weighted by atomic mass is 10.1. The Bertz CT molecular complexity index is 1090. The van der Waals surface area contributed by atoms with Gasteiger partial charge in [-0.15, -0.1) is 0 Å². The summed E-state index contributed by atoms with van der Waals surface area (Å²) in [6.07, 6.45) is 0.180. The second-order valence-corrected chi connectivity index (χ2v) is 8.18. The summed E-state index contributed by atoms with van der Waals surface area (Å²) in [5.74, 6) is -0.0714. The monoisotopic (exact) mass is 469 g/mol. The van der Waals surface area contributed by atoms with Crippen LogP contribution in [0.3, 0.4) is 0 Å². The van der Waals surface area contributed by atoms with Gasteiger partial charge in [0.2, 0.25) is 11.8 Å². The van der Waals surface area contributed by atoms with Gasteiger partial charge in [0.15, 0.2) is 0 Å². The Morgan fingerprint density at radius 3 is 2.34 bits per heavy atom. The van der Waals surface area contributed by atoms with Crippen LogP contribution in [0.15, 0.2) is 72.8 Å². The number of carbonyl (C=O) groups excluding carboxylic acids is 2. The Kier molecular flexibility index (Phi) is 6.83. The van der Waals surface area contributed by atoms with Gasteiger partial charge in [0.05, 0.1) is 11.6 Å². The molecule has 0 saturated carbocycles. The van der Waals surface area contributed by atoms with Crippen LogP contribution in [-0.4, -0.2) is 18.4 Å².